The van der Waals surface area contributed by atoms with Crippen molar-refractivity contribution in [3.05, 3.63) is 41.5 Å². The first-order chi connectivity index (χ1) is 6.33. The van der Waals surface area contributed by atoms with Gasteiger partial charge in [0.05, 0.1) is 12.0 Å². The van der Waals surface area contributed by atoms with Crippen molar-refractivity contribution in [2.75, 3.05) is 0 Å². The van der Waals surface area contributed by atoms with Gasteiger partial charge in [0.2, 0.25) is 0 Å². The first kappa shape index (κ1) is 8.76. The summed E-state index contributed by atoms with van der Waals surface area (Å²) in [5.74, 6) is 0.0156. The molecule has 1 nitrogen and oxygen atoms in total. The predicted octanol–water partition coefficient (Wildman–Crippen LogP) is 3.12. The van der Waals surface area contributed by atoms with E-state index in [4.69, 9.17) is 5.26 Å². The van der Waals surface area contributed by atoms with Gasteiger partial charge in [0, 0.05) is 3.92 Å². The molecule has 0 N–H and O–H groups in total. The van der Waals surface area contributed by atoms with Crippen LogP contribution in [-0.4, -0.2) is 3.92 Å². The molecule has 1 aliphatic rings. The summed E-state index contributed by atoms with van der Waals surface area (Å²) in [6.45, 7) is 0. The highest BCUT2D eigenvalue weighted by Crippen LogP contribution is 2.33. The molecule has 0 fully saturated rings. The van der Waals surface area contributed by atoms with Crippen LogP contribution in [0, 0.1) is 11.3 Å². The van der Waals surface area contributed by atoms with Gasteiger partial charge in [0.1, 0.15) is 0 Å². The highest BCUT2D eigenvalue weighted by Gasteiger charge is 2.23. The summed E-state index contributed by atoms with van der Waals surface area (Å²) in [4.78, 5) is 0. The number of nitrogens with zero attached hydrogens (tertiary/aromatic N) is 1. The Morgan fingerprint density at radius 1 is 1.31 bits per heavy atom. The predicted molar refractivity (Wildman–Crippen MR) is 61.6 cm³/mol. The van der Waals surface area contributed by atoms with E-state index >= 15 is 0 Å². The van der Waals surface area contributed by atoms with Gasteiger partial charge in [-0.15, -0.1) is 0 Å². The molecule has 0 amide bonds. The van der Waals surface area contributed by atoms with E-state index < -0.39 is 0 Å². The van der Waals surface area contributed by atoms with E-state index in [-0.39, 0.29) is 5.92 Å². The molecular formula is C11H8IN. The minimum absolute atomic E-state index is 0.0156. The second-order valence-corrected chi connectivity index (χ2v) is 4.48. The first-order valence-electron chi connectivity index (χ1n) is 4.14. The van der Waals surface area contributed by atoms with Gasteiger partial charge in [-0.2, -0.15) is 5.26 Å². The number of benzene rings is 1. The van der Waals surface area contributed by atoms with Crippen molar-refractivity contribution in [3.8, 4) is 6.07 Å². The SMILES string of the molecule is N#CC1c2ccccc2C=CC1I. The van der Waals surface area contributed by atoms with E-state index in [2.05, 4.69) is 46.9 Å². The molecule has 2 rings (SSSR count). The van der Waals surface area contributed by atoms with E-state index in [1.165, 1.54) is 5.56 Å². The van der Waals surface area contributed by atoms with Gasteiger partial charge in [0.15, 0.2) is 0 Å². The van der Waals surface area contributed by atoms with Crippen LogP contribution >= 0.6 is 22.6 Å². The lowest BCUT2D eigenvalue weighted by Crippen LogP contribution is -2.12. The minimum Gasteiger partial charge on any atom is -0.198 e. The minimum atomic E-state index is 0.0156. The fourth-order valence-electron chi connectivity index (χ4n) is 1.56. The van der Waals surface area contributed by atoms with E-state index in [1.54, 1.807) is 0 Å². The smallest absolute Gasteiger partial charge is 0.0871 e. The Hall–Kier alpha value is -0.820. The van der Waals surface area contributed by atoms with Crippen LogP contribution in [0.3, 0.4) is 0 Å². The lowest BCUT2D eigenvalue weighted by atomic mass is 9.88. The van der Waals surface area contributed by atoms with Crippen LogP contribution in [-0.2, 0) is 0 Å². The summed E-state index contributed by atoms with van der Waals surface area (Å²) in [6.07, 6.45) is 4.19. The van der Waals surface area contributed by atoms with E-state index in [9.17, 15) is 0 Å². The maximum absolute atomic E-state index is 9.02. The van der Waals surface area contributed by atoms with E-state index in [1.807, 2.05) is 18.2 Å². The standard InChI is InChI=1S/C11H8IN/c12-11-6-5-8-3-1-2-4-9(8)10(11)7-13/h1-6,10-11H. The molecule has 0 aromatic heterocycles. The van der Waals surface area contributed by atoms with Gasteiger partial charge in [-0.05, 0) is 11.1 Å². The third-order valence-electron chi connectivity index (χ3n) is 2.25. The third kappa shape index (κ3) is 1.49. The summed E-state index contributed by atoms with van der Waals surface area (Å²) < 4.78 is 0.303. The largest absolute Gasteiger partial charge is 0.198 e. The normalized spacial score (nSPS) is 24.9. The molecule has 1 aromatic carbocycles. The molecule has 2 atom stereocenters. The summed E-state index contributed by atoms with van der Waals surface area (Å²) in [5.41, 5.74) is 2.34. The number of alkyl halides is 1. The van der Waals surface area contributed by atoms with Crippen molar-refractivity contribution in [1.29, 1.82) is 5.26 Å². The molecule has 0 saturated heterocycles. The lowest BCUT2D eigenvalue weighted by Gasteiger charge is -2.19. The Kier molecular flexibility index (Phi) is 2.36. The maximum Gasteiger partial charge on any atom is 0.0871 e. The van der Waals surface area contributed by atoms with Crippen molar-refractivity contribution in [2.24, 2.45) is 0 Å². The van der Waals surface area contributed by atoms with Crippen LogP contribution in [0.25, 0.3) is 6.08 Å². The van der Waals surface area contributed by atoms with Gasteiger partial charge in [0.25, 0.3) is 0 Å². The number of allylic oxidation sites excluding steroid dienone is 1. The first-order valence-corrected chi connectivity index (χ1v) is 5.38. The number of halogens is 1. The van der Waals surface area contributed by atoms with Crippen LogP contribution in [0.2, 0.25) is 0 Å². The van der Waals surface area contributed by atoms with Crippen LogP contribution < -0.4 is 0 Å². The summed E-state index contributed by atoms with van der Waals surface area (Å²) in [6, 6.07) is 10.4. The summed E-state index contributed by atoms with van der Waals surface area (Å²) in [5, 5.41) is 9.02. The lowest BCUT2D eigenvalue weighted by molar-refractivity contribution is 0.906. The quantitative estimate of drug-likeness (QED) is 0.529. The van der Waals surface area contributed by atoms with Crippen molar-refractivity contribution < 1.29 is 0 Å². The molecule has 0 heterocycles. The average Bonchev–Trinajstić information content (AvgIpc) is 2.18. The summed E-state index contributed by atoms with van der Waals surface area (Å²) in [7, 11) is 0. The Labute approximate surface area is 91.2 Å². The fourth-order valence-corrected chi connectivity index (χ4v) is 2.32. The van der Waals surface area contributed by atoms with Crippen LogP contribution in [0.4, 0.5) is 0 Å². The van der Waals surface area contributed by atoms with Crippen LogP contribution in [0.5, 0.6) is 0 Å². The highest BCUT2D eigenvalue weighted by atomic mass is 127. The number of hydrogen-bond donors (Lipinski definition) is 0. The van der Waals surface area contributed by atoms with E-state index in [0.29, 0.717) is 3.92 Å². The molecular weight excluding hydrogens is 273 g/mol. The van der Waals surface area contributed by atoms with Gasteiger partial charge < -0.3 is 0 Å². The van der Waals surface area contributed by atoms with Gasteiger partial charge in [-0.1, -0.05) is 59.0 Å². The Morgan fingerprint density at radius 3 is 2.85 bits per heavy atom. The average molecular weight is 281 g/mol. The van der Waals surface area contributed by atoms with Crippen molar-refractivity contribution >= 4 is 28.7 Å². The van der Waals surface area contributed by atoms with Gasteiger partial charge in [-0.3, -0.25) is 0 Å². The highest BCUT2D eigenvalue weighted by molar-refractivity contribution is 14.1. The zero-order valence-electron chi connectivity index (χ0n) is 6.94. The molecule has 13 heavy (non-hydrogen) atoms. The molecule has 64 valence electrons. The Morgan fingerprint density at radius 2 is 2.08 bits per heavy atom. The molecule has 2 heteroatoms. The molecule has 2 unspecified atom stereocenters. The molecule has 1 aromatic rings. The van der Waals surface area contributed by atoms with E-state index in [0.717, 1.165) is 5.56 Å². The number of hydrogen-bond acceptors (Lipinski definition) is 1. The Balaban J connectivity index is 2.55. The fraction of sp³-hybridized carbons (Fsp3) is 0.182. The van der Waals surface area contributed by atoms with Crippen molar-refractivity contribution in [2.45, 2.75) is 9.84 Å². The van der Waals surface area contributed by atoms with Crippen LogP contribution in [0.15, 0.2) is 30.3 Å². The molecule has 0 spiro atoms. The second-order valence-electron chi connectivity index (χ2n) is 3.04. The van der Waals surface area contributed by atoms with Gasteiger partial charge in [-0.25, -0.2) is 0 Å². The monoisotopic (exact) mass is 281 g/mol. The molecule has 1 aliphatic carbocycles. The van der Waals surface area contributed by atoms with Crippen molar-refractivity contribution in [1.82, 2.24) is 0 Å². The number of rotatable bonds is 0. The molecule has 0 aliphatic heterocycles. The Bertz CT molecular complexity index is 389. The maximum atomic E-state index is 9.02. The molecule has 0 bridgehead atoms. The second kappa shape index (κ2) is 3.51. The topological polar surface area (TPSA) is 23.8 Å². The zero-order valence-corrected chi connectivity index (χ0v) is 9.10. The number of fused-ring (bicyclic) bond motifs is 1. The van der Waals surface area contributed by atoms with Gasteiger partial charge >= 0.3 is 0 Å². The zero-order chi connectivity index (χ0) is 9.26. The third-order valence-corrected chi connectivity index (χ3v) is 3.38. The van der Waals surface area contributed by atoms with Crippen molar-refractivity contribution in [3.63, 3.8) is 0 Å². The summed E-state index contributed by atoms with van der Waals surface area (Å²) >= 11 is 2.31. The molecule has 0 saturated carbocycles. The molecule has 0 radical (unpaired) electrons. The number of nitriles is 1. The van der Waals surface area contributed by atoms with Crippen LogP contribution in [0.1, 0.15) is 17.0 Å².